The third-order valence-corrected chi connectivity index (χ3v) is 4.59. The lowest BCUT2D eigenvalue weighted by molar-refractivity contribution is 0.519. The molecule has 0 radical (unpaired) electrons. The lowest BCUT2D eigenvalue weighted by atomic mass is 10.1. The highest BCUT2D eigenvalue weighted by Crippen LogP contribution is 2.36. The Morgan fingerprint density at radius 1 is 1.33 bits per heavy atom. The van der Waals surface area contributed by atoms with Crippen LogP contribution in [0.2, 0.25) is 5.02 Å². The average Bonchev–Trinajstić information content (AvgIpc) is 2.47. The Labute approximate surface area is 134 Å². The maximum atomic E-state index is 14.2. The Morgan fingerprint density at radius 3 is 2.86 bits per heavy atom. The van der Waals surface area contributed by atoms with Crippen molar-refractivity contribution in [3.8, 4) is 0 Å². The molecule has 0 saturated carbocycles. The van der Waals surface area contributed by atoms with E-state index >= 15 is 0 Å². The van der Waals surface area contributed by atoms with E-state index in [0.29, 0.717) is 15.6 Å². The van der Waals surface area contributed by atoms with Crippen LogP contribution in [0, 0.1) is 5.82 Å². The number of halogens is 2. The number of benzene rings is 1. The van der Waals surface area contributed by atoms with Crippen molar-refractivity contribution < 1.29 is 4.39 Å². The minimum Gasteiger partial charge on any atom is -0.310 e. The highest BCUT2D eigenvalue weighted by atomic mass is 35.5. The Balaban J connectivity index is 2.31. The molecule has 0 bridgehead atoms. The molecule has 0 aliphatic carbocycles. The second kappa shape index (κ2) is 7.78. The number of nitrogens with one attached hydrogen (secondary N) is 1. The van der Waals surface area contributed by atoms with Gasteiger partial charge in [-0.05, 0) is 44.2 Å². The largest absolute Gasteiger partial charge is 0.310 e. The minimum atomic E-state index is -0.205. The van der Waals surface area contributed by atoms with Gasteiger partial charge in [-0.15, -0.1) is 0 Å². The molecule has 2 nitrogen and oxygen atoms in total. The van der Waals surface area contributed by atoms with Crippen molar-refractivity contribution in [2.75, 3.05) is 6.54 Å². The first kappa shape index (κ1) is 16.3. The molecule has 1 unspecified atom stereocenters. The van der Waals surface area contributed by atoms with E-state index in [9.17, 15) is 4.39 Å². The van der Waals surface area contributed by atoms with Gasteiger partial charge < -0.3 is 5.32 Å². The van der Waals surface area contributed by atoms with E-state index in [4.69, 9.17) is 11.6 Å². The quantitative estimate of drug-likeness (QED) is 0.801. The van der Waals surface area contributed by atoms with Crippen molar-refractivity contribution in [2.45, 2.75) is 36.2 Å². The summed E-state index contributed by atoms with van der Waals surface area (Å²) in [4.78, 5) is 5.09. The average molecular weight is 325 g/mol. The van der Waals surface area contributed by atoms with E-state index < -0.39 is 0 Å². The standard InChI is InChI=1S/C16H18ClFN2S/c1-3-9-19-11(2)15-13(18)7-4-8-14(15)21-16-12(17)6-5-10-20-16/h4-8,10-11,19H,3,9H2,1-2H3. The van der Waals surface area contributed by atoms with Crippen LogP contribution in [-0.4, -0.2) is 11.5 Å². The fourth-order valence-corrected chi connectivity index (χ4v) is 3.30. The van der Waals surface area contributed by atoms with Crippen molar-refractivity contribution in [2.24, 2.45) is 0 Å². The van der Waals surface area contributed by atoms with Crippen LogP contribution in [0.4, 0.5) is 4.39 Å². The molecule has 1 N–H and O–H groups in total. The van der Waals surface area contributed by atoms with Crippen LogP contribution in [0.15, 0.2) is 46.5 Å². The number of nitrogens with zero attached hydrogens (tertiary/aromatic N) is 1. The molecule has 1 heterocycles. The van der Waals surface area contributed by atoms with Crippen molar-refractivity contribution in [3.63, 3.8) is 0 Å². The molecule has 1 atom stereocenters. The van der Waals surface area contributed by atoms with Crippen molar-refractivity contribution in [3.05, 3.63) is 52.9 Å². The molecule has 0 fully saturated rings. The second-order valence-corrected chi connectivity index (χ2v) is 6.16. The summed E-state index contributed by atoms with van der Waals surface area (Å²) in [5.41, 5.74) is 0.665. The van der Waals surface area contributed by atoms with E-state index in [2.05, 4.69) is 17.2 Å². The van der Waals surface area contributed by atoms with Crippen LogP contribution >= 0.6 is 23.4 Å². The fraction of sp³-hybridized carbons (Fsp3) is 0.312. The maximum Gasteiger partial charge on any atom is 0.129 e. The Hall–Kier alpha value is -1.10. The molecule has 0 spiro atoms. The van der Waals surface area contributed by atoms with Gasteiger partial charge in [0.15, 0.2) is 0 Å². The smallest absolute Gasteiger partial charge is 0.129 e. The zero-order valence-electron chi connectivity index (χ0n) is 12.1. The molecule has 0 aliphatic heterocycles. The zero-order valence-corrected chi connectivity index (χ0v) is 13.6. The van der Waals surface area contributed by atoms with E-state index in [0.717, 1.165) is 17.9 Å². The Morgan fingerprint density at radius 2 is 2.14 bits per heavy atom. The molecular formula is C16H18ClFN2S. The molecule has 1 aromatic carbocycles. The molecular weight excluding hydrogens is 307 g/mol. The molecule has 2 aromatic rings. The minimum absolute atomic E-state index is 0.0591. The molecule has 21 heavy (non-hydrogen) atoms. The summed E-state index contributed by atoms with van der Waals surface area (Å²) in [6.07, 6.45) is 2.69. The number of rotatable bonds is 6. The summed E-state index contributed by atoms with van der Waals surface area (Å²) >= 11 is 7.53. The van der Waals surface area contributed by atoms with Crippen molar-refractivity contribution in [1.82, 2.24) is 10.3 Å². The maximum absolute atomic E-state index is 14.2. The third kappa shape index (κ3) is 4.19. The van der Waals surface area contributed by atoms with Gasteiger partial charge in [-0.1, -0.05) is 36.4 Å². The molecule has 1 aromatic heterocycles. The molecule has 2 rings (SSSR count). The summed E-state index contributed by atoms with van der Waals surface area (Å²) in [6.45, 7) is 4.91. The number of hydrogen-bond acceptors (Lipinski definition) is 3. The van der Waals surface area contributed by atoms with Crippen LogP contribution in [0.5, 0.6) is 0 Å². The lowest BCUT2D eigenvalue weighted by Crippen LogP contribution is -2.21. The molecule has 5 heteroatoms. The van der Waals surface area contributed by atoms with E-state index in [1.807, 2.05) is 13.0 Å². The van der Waals surface area contributed by atoms with E-state index in [-0.39, 0.29) is 11.9 Å². The van der Waals surface area contributed by atoms with Crippen LogP contribution in [0.25, 0.3) is 0 Å². The number of aromatic nitrogens is 1. The number of hydrogen-bond donors (Lipinski definition) is 1. The van der Waals surface area contributed by atoms with Crippen LogP contribution in [0.3, 0.4) is 0 Å². The summed E-state index contributed by atoms with van der Waals surface area (Å²) in [7, 11) is 0. The highest BCUT2D eigenvalue weighted by molar-refractivity contribution is 7.99. The molecule has 112 valence electrons. The summed E-state index contributed by atoms with van der Waals surface area (Å²) in [6, 6.07) is 8.61. The summed E-state index contributed by atoms with van der Waals surface area (Å²) < 4.78 is 14.2. The molecule has 0 amide bonds. The SMILES string of the molecule is CCCNC(C)c1c(F)cccc1Sc1ncccc1Cl. The van der Waals surface area contributed by atoms with Gasteiger partial charge in [-0.25, -0.2) is 9.37 Å². The van der Waals surface area contributed by atoms with E-state index in [1.165, 1.54) is 17.8 Å². The molecule has 0 saturated heterocycles. The molecule has 0 aliphatic rings. The monoisotopic (exact) mass is 324 g/mol. The van der Waals surface area contributed by atoms with Gasteiger partial charge in [-0.3, -0.25) is 0 Å². The van der Waals surface area contributed by atoms with Crippen LogP contribution in [-0.2, 0) is 0 Å². The van der Waals surface area contributed by atoms with Crippen LogP contribution < -0.4 is 5.32 Å². The van der Waals surface area contributed by atoms with Crippen LogP contribution in [0.1, 0.15) is 31.9 Å². The third-order valence-electron chi connectivity index (χ3n) is 3.08. The van der Waals surface area contributed by atoms with Gasteiger partial charge in [-0.2, -0.15) is 0 Å². The van der Waals surface area contributed by atoms with Gasteiger partial charge in [0.2, 0.25) is 0 Å². The first-order chi connectivity index (χ1) is 10.1. The van der Waals surface area contributed by atoms with Crippen molar-refractivity contribution in [1.29, 1.82) is 0 Å². The van der Waals surface area contributed by atoms with Gasteiger partial charge in [0.05, 0.1) is 5.02 Å². The second-order valence-electron chi connectivity index (χ2n) is 4.72. The van der Waals surface area contributed by atoms with Gasteiger partial charge >= 0.3 is 0 Å². The lowest BCUT2D eigenvalue weighted by Gasteiger charge is -2.18. The zero-order chi connectivity index (χ0) is 15.2. The topological polar surface area (TPSA) is 24.9 Å². The summed E-state index contributed by atoms with van der Waals surface area (Å²) in [5.74, 6) is -0.205. The summed E-state index contributed by atoms with van der Waals surface area (Å²) in [5, 5.41) is 4.59. The van der Waals surface area contributed by atoms with Gasteiger partial charge in [0, 0.05) is 22.7 Å². The fourth-order valence-electron chi connectivity index (χ4n) is 2.04. The first-order valence-corrected chi connectivity index (χ1v) is 8.13. The first-order valence-electron chi connectivity index (χ1n) is 6.93. The number of pyridine rings is 1. The predicted octanol–water partition coefficient (Wildman–Crippen LogP) is 5.09. The van der Waals surface area contributed by atoms with Gasteiger partial charge in [0.1, 0.15) is 10.8 Å². The predicted molar refractivity (Wildman–Crippen MR) is 86.5 cm³/mol. The van der Waals surface area contributed by atoms with Gasteiger partial charge in [0.25, 0.3) is 0 Å². The normalized spacial score (nSPS) is 12.4. The highest BCUT2D eigenvalue weighted by Gasteiger charge is 2.17. The Bertz CT molecular complexity index is 607. The van der Waals surface area contributed by atoms with E-state index in [1.54, 1.807) is 24.4 Å². The van der Waals surface area contributed by atoms with Crippen molar-refractivity contribution >= 4 is 23.4 Å². The Kier molecular flexibility index (Phi) is 6.03.